The zero-order valence-electron chi connectivity index (χ0n) is 18.5. The van der Waals surface area contributed by atoms with Crippen LogP contribution in [0, 0.1) is 6.92 Å². The first-order chi connectivity index (χ1) is 16.5. The van der Waals surface area contributed by atoms with Gasteiger partial charge in [0.1, 0.15) is 0 Å². The number of H-pyrrole nitrogens is 2. The van der Waals surface area contributed by atoms with E-state index >= 15 is 0 Å². The van der Waals surface area contributed by atoms with Crippen molar-refractivity contribution in [1.29, 1.82) is 0 Å². The van der Waals surface area contributed by atoms with Gasteiger partial charge in [-0.25, -0.2) is 14.8 Å². The van der Waals surface area contributed by atoms with Gasteiger partial charge >= 0.3 is 5.97 Å². The molecule has 166 valence electrons. The Morgan fingerprint density at radius 3 is 1.29 bits per heavy atom. The van der Waals surface area contributed by atoms with Crippen LogP contribution in [-0.2, 0) is 0 Å². The second-order valence-corrected chi connectivity index (χ2v) is 8.08. The fourth-order valence-corrected chi connectivity index (χ4v) is 3.64. The molecule has 0 saturated carbocycles. The smallest absolute Gasteiger partial charge is 0.335 e. The molecule has 34 heavy (non-hydrogen) atoms. The van der Waals surface area contributed by atoms with Crippen LogP contribution in [0.5, 0.6) is 0 Å². The maximum Gasteiger partial charge on any atom is 0.335 e. The lowest BCUT2D eigenvalue weighted by molar-refractivity contribution is 0.0697. The molecular weight excluding hydrogens is 424 g/mol. The first kappa shape index (κ1) is 21.2. The second-order valence-electron chi connectivity index (χ2n) is 8.08. The number of nitrogens with zero attached hydrogens (tertiary/aromatic N) is 2. The van der Waals surface area contributed by atoms with Gasteiger partial charge in [-0.15, -0.1) is 0 Å². The largest absolute Gasteiger partial charge is 0.478 e. The van der Waals surface area contributed by atoms with Crippen molar-refractivity contribution in [2.24, 2.45) is 0 Å². The summed E-state index contributed by atoms with van der Waals surface area (Å²) in [5.41, 5.74) is 9.27. The third-order valence-corrected chi connectivity index (χ3v) is 5.34. The van der Waals surface area contributed by atoms with Crippen molar-refractivity contribution in [2.75, 3.05) is 0 Å². The van der Waals surface area contributed by atoms with Crippen LogP contribution < -0.4 is 0 Å². The number of aromatic carboxylic acids is 1. The number of fused-ring (bicyclic) bond motifs is 8. The average Bonchev–Trinajstić information content (AvgIpc) is 3.60. The molecule has 0 amide bonds. The van der Waals surface area contributed by atoms with Gasteiger partial charge in [0, 0.05) is 22.1 Å². The van der Waals surface area contributed by atoms with Crippen molar-refractivity contribution < 1.29 is 9.90 Å². The maximum atomic E-state index is 10.3. The molecule has 3 N–H and O–H groups in total. The van der Waals surface area contributed by atoms with Crippen LogP contribution in [0.4, 0.5) is 0 Å². The molecule has 0 spiro atoms. The summed E-state index contributed by atoms with van der Waals surface area (Å²) in [6.45, 7) is 1.92. The zero-order chi connectivity index (χ0) is 23.5. The van der Waals surface area contributed by atoms with Crippen LogP contribution in [-0.4, -0.2) is 31.0 Å². The number of carboxylic acid groups (broad SMARTS) is 1. The number of hydrogen-bond donors (Lipinski definition) is 3. The summed E-state index contributed by atoms with van der Waals surface area (Å²) < 4.78 is 0. The Morgan fingerprint density at radius 1 is 0.618 bits per heavy atom. The third kappa shape index (κ3) is 5.02. The Balaban J connectivity index is 0.000000204. The average molecular weight is 447 g/mol. The Morgan fingerprint density at radius 2 is 0.971 bits per heavy atom. The molecule has 0 radical (unpaired) electrons. The third-order valence-electron chi connectivity index (χ3n) is 5.34. The van der Waals surface area contributed by atoms with E-state index in [9.17, 15) is 4.79 Å². The van der Waals surface area contributed by atoms with Gasteiger partial charge in [0.15, 0.2) is 0 Å². The van der Waals surface area contributed by atoms with E-state index in [0.717, 1.165) is 50.4 Å². The van der Waals surface area contributed by atoms with Crippen molar-refractivity contribution in [1.82, 2.24) is 19.9 Å². The van der Waals surface area contributed by atoms with Gasteiger partial charge in [-0.3, -0.25) is 0 Å². The minimum absolute atomic E-state index is 0.339. The van der Waals surface area contributed by atoms with Crippen molar-refractivity contribution >= 4 is 52.3 Å². The first-order valence-electron chi connectivity index (χ1n) is 10.8. The molecule has 0 unspecified atom stereocenters. The van der Waals surface area contributed by atoms with Crippen molar-refractivity contribution in [2.45, 2.75) is 6.92 Å². The number of carbonyl (C=O) groups is 1. The summed E-state index contributed by atoms with van der Waals surface area (Å²) >= 11 is 0. The molecule has 0 fully saturated rings. The SMILES string of the molecule is C1=Cc2cc3ccc(cc4nc(cc5ccc(cc1n2)[nH]5)C=C4)[nH]3.Cc1ccc(C(=O)O)cc1. The molecule has 6 heteroatoms. The molecule has 5 heterocycles. The highest BCUT2D eigenvalue weighted by molar-refractivity contribution is 5.87. The van der Waals surface area contributed by atoms with Crippen molar-refractivity contribution in [3.63, 3.8) is 0 Å². The topological polar surface area (TPSA) is 94.7 Å². The van der Waals surface area contributed by atoms with Gasteiger partial charge in [0.2, 0.25) is 0 Å². The number of carboxylic acids is 1. The van der Waals surface area contributed by atoms with Crippen LogP contribution in [0.2, 0.25) is 0 Å². The molecule has 6 rings (SSSR count). The van der Waals surface area contributed by atoms with Crippen LogP contribution in [0.25, 0.3) is 46.4 Å². The van der Waals surface area contributed by atoms with Gasteiger partial charge in [0.05, 0.1) is 28.3 Å². The van der Waals surface area contributed by atoms with Crippen LogP contribution in [0.3, 0.4) is 0 Å². The number of aryl methyl sites for hydroxylation is 1. The summed E-state index contributed by atoms with van der Waals surface area (Å²) in [6.07, 6.45) is 8.09. The van der Waals surface area contributed by atoms with Gasteiger partial charge in [-0.1, -0.05) is 17.7 Å². The molecule has 0 atom stereocenters. The normalized spacial score (nSPS) is 11.7. The standard InChI is InChI=1S/C20H14N4.C8H8O2/c1-2-14-10-16-5-6-18(23-16)12-20-8-7-19(24-20)11-17-4-3-15(22-17)9-13(1)21-14;1-6-2-4-7(5-3-6)8(9)10/h1-12,21,24H;2-5H,1H3,(H,9,10). The van der Waals surface area contributed by atoms with E-state index < -0.39 is 5.97 Å². The number of hydrogen-bond acceptors (Lipinski definition) is 3. The van der Waals surface area contributed by atoms with E-state index in [4.69, 9.17) is 5.11 Å². The van der Waals surface area contributed by atoms with E-state index in [1.807, 2.05) is 55.5 Å². The van der Waals surface area contributed by atoms with Gasteiger partial charge in [-0.2, -0.15) is 0 Å². The number of aromatic amines is 2. The predicted molar refractivity (Wildman–Crippen MR) is 137 cm³/mol. The summed E-state index contributed by atoms with van der Waals surface area (Å²) in [5, 5.41) is 8.48. The molecule has 1 aromatic carbocycles. The van der Waals surface area contributed by atoms with Crippen molar-refractivity contribution in [3.8, 4) is 0 Å². The van der Waals surface area contributed by atoms with E-state index in [-0.39, 0.29) is 0 Å². The summed E-state index contributed by atoms with van der Waals surface area (Å²) in [7, 11) is 0. The lowest BCUT2D eigenvalue weighted by Gasteiger charge is -1.92. The molecule has 0 aliphatic carbocycles. The Bertz CT molecular complexity index is 1410. The molecule has 0 saturated heterocycles. The maximum absolute atomic E-state index is 10.3. The molecule has 4 aromatic rings. The number of rotatable bonds is 1. The fourth-order valence-electron chi connectivity index (χ4n) is 3.64. The lowest BCUT2D eigenvalue weighted by Crippen LogP contribution is -1.94. The number of aromatic nitrogens is 4. The highest BCUT2D eigenvalue weighted by atomic mass is 16.4. The quantitative estimate of drug-likeness (QED) is 0.274. The summed E-state index contributed by atoms with van der Waals surface area (Å²) in [6, 6.07) is 23.1. The van der Waals surface area contributed by atoms with Crippen molar-refractivity contribution in [3.05, 3.63) is 107 Å². The minimum Gasteiger partial charge on any atom is -0.478 e. The summed E-state index contributed by atoms with van der Waals surface area (Å²) in [4.78, 5) is 26.3. The van der Waals surface area contributed by atoms with Crippen LogP contribution in [0.15, 0.2) is 72.8 Å². The monoisotopic (exact) mass is 446 g/mol. The van der Waals surface area contributed by atoms with E-state index in [0.29, 0.717) is 5.56 Å². The molecule has 3 aromatic heterocycles. The van der Waals surface area contributed by atoms with E-state index in [1.54, 1.807) is 24.3 Å². The first-order valence-corrected chi connectivity index (χ1v) is 10.8. The van der Waals surface area contributed by atoms with Gasteiger partial charge in [0.25, 0.3) is 0 Å². The fraction of sp³-hybridized carbons (Fsp3) is 0.0357. The minimum atomic E-state index is -0.875. The van der Waals surface area contributed by atoms with E-state index in [2.05, 4.69) is 44.2 Å². The molecule has 2 aliphatic heterocycles. The highest BCUT2D eigenvalue weighted by Crippen LogP contribution is 2.17. The molecule has 8 bridgehead atoms. The van der Waals surface area contributed by atoms with E-state index in [1.165, 1.54) is 0 Å². The zero-order valence-corrected chi connectivity index (χ0v) is 18.5. The molecular formula is C28H22N4O2. The Hall–Kier alpha value is -4.71. The predicted octanol–water partition coefficient (Wildman–Crippen LogP) is 6.35. The van der Waals surface area contributed by atoms with Crippen LogP contribution in [0.1, 0.15) is 38.7 Å². The highest BCUT2D eigenvalue weighted by Gasteiger charge is 2.01. The van der Waals surface area contributed by atoms with Crippen LogP contribution >= 0.6 is 0 Å². The molecule has 2 aliphatic rings. The molecule has 6 nitrogen and oxygen atoms in total. The van der Waals surface area contributed by atoms with Gasteiger partial charge in [-0.05, 0) is 91.9 Å². The second kappa shape index (κ2) is 9.03. The number of nitrogens with one attached hydrogen (secondary N) is 2. The number of benzene rings is 1. The lowest BCUT2D eigenvalue weighted by atomic mass is 10.2. The Labute approximate surface area is 196 Å². The Kier molecular flexibility index (Phi) is 5.62. The summed E-state index contributed by atoms with van der Waals surface area (Å²) in [5.74, 6) is -0.875. The van der Waals surface area contributed by atoms with Gasteiger partial charge < -0.3 is 15.1 Å².